The van der Waals surface area contributed by atoms with Crippen LogP contribution in [0.15, 0.2) is 18.2 Å². The van der Waals surface area contributed by atoms with Crippen molar-refractivity contribution in [2.45, 2.75) is 38.7 Å². The summed E-state index contributed by atoms with van der Waals surface area (Å²) in [4.78, 5) is 33.9. The fraction of sp³-hybridized carbons (Fsp3) is 0.350. The number of nitrogens with zero attached hydrogens (tertiary/aromatic N) is 3. The van der Waals surface area contributed by atoms with Crippen LogP contribution in [-0.4, -0.2) is 28.0 Å². The van der Waals surface area contributed by atoms with Crippen molar-refractivity contribution in [3.63, 3.8) is 0 Å². The van der Waals surface area contributed by atoms with E-state index in [-0.39, 0.29) is 29.4 Å². The summed E-state index contributed by atoms with van der Waals surface area (Å²) < 4.78 is 10.4. The molecule has 0 bridgehead atoms. The van der Waals surface area contributed by atoms with Crippen LogP contribution in [0.5, 0.6) is 5.75 Å². The molecule has 0 fully saturated rings. The standard InChI is InChI=1S/C20H20N4O5S/c1-28-14-8-7-11(24(26)27)9-13(14)20(25)29-10-16-22-18(21)17-12-5-3-2-4-6-15(12)30-19(17)23-16/h7-9H,2-6,10H2,1H3,(H2,21,22,23). The van der Waals surface area contributed by atoms with Crippen molar-refractivity contribution in [3.05, 3.63) is 50.1 Å². The molecule has 0 saturated heterocycles. The van der Waals surface area contributed by atoms with E-state index in [1.165, 1.54) is 36.1 Å². The normalized spacial score (nSPS) is 13.5. The number of hydrogen-bond donors (Lipinski definition) is 1. The lowest BCUT2D eigenvalue weighted by molar-refractivity contribution is -0.384. The number of fused-ring (bicyclic) bond motifs is 3. The monoisotopic (exact) mass is 428 g/mol. The molecule has 0 unspecified atom stereocenters. The van der Waals surface area contributed by atoms with E-state index < -0.39 is 10.9 Å². The summed E-state index contributed by atoms with van der Waals surface area (Å²) in [5.41, 5.74) is 7.19. The highest BCUT2D eigenvalue weighted by Gasteiger charge is 2.21. The molecule has 2 aromatic heterocycles. The van der Waals surface area contributed by atoms with Gasteiger partial charge in [-0.05, 0) is 37.3 Å². The predicted octanol–water partition coefficient (Wildman–Crippen LogP) is 3.82. The van der Waals surface area contributed by atoms with Gasteiger partial charge in [0.15, 0.2) is 12.4 Å². The molecule has 0 spiro atoms. The van der Waals surface area contributed by atoms with Crippen LogP contribution in [0, 0.1) is 10.1 Å². The number of anilines is 1. The Bertz CT molecular complexity index is 1140. The summed E-state index contributed by atoms with van der Waals surface area (Å²) in [6.07, 6.45) is 5.49. The number of non-ortho nitro benzene ring substituents is 1. The molecule has 0 saturated carbocycles. The second kappa shape index (κ2) is 8.23. The molecule has 1 aliphatic rings. The number of benzene rings is 1. The third kappa shape index (κ3) is 3.78. The fourth-order valence-corrected chi connectivity index (χ4v) is 4.94. The van der Waals surface area contributed by atoms with Gasteiger partial charge in [-0.2, -0.15) is 0 Å². The topological polar surface area (TPSA) is 130 Å². The molecule has 2 heterocycles. The van der Waals surface area contributed by atoms with E-state index in [4.69, 9.17) is 15.2 Å². The number of aromatic nitrogens is 2. The summed E-state index contributed by atoms with van der Waals surface area (Å²) in [6.45, 7) is -0.201. The van der Waals surface area contributed by atoms with Crippen molar-refractivity contribution in [1.82, 2.24) is 9.97 Å². The summed E-state index contributed by atoms with van der Waals surface area (Å²) in [7, 11) is 1.37. The summed E-state index contributed by atoms with van der Waals surface area (Å²) in [6, 6.07) is 3.73. The van der Waals surface area contributed by atoms with Crippen LogP contribution in [-0.2, 0) is 24.2 Å². The van der Waals surface area contributed by atoms with E-state index in [0.29, 0.717) is 5.82 Å². The molecule has 2 N–H and O–H groups in total. The number of nitro benzene ring substituents is 1. The van der Waals surface area contributed by atoms with Crippen molar-refractivity contribution >= 4 is 39.0 Å². The minimum atomic E-state index is -0.764. The zero-order chi connectivity index (χ0) is 21.3. The number of nitro groups is 1. The van der Waals surface area contributed by atoms with Gasteiger partial charge in [-0.15, -0.1) is 11.3 Å². The number of thiophene rings is 1. The van der Waals surface area contributed by atoms with E-state index in [1.807, 2.05) is 0 Å². The zero-order valence-corrected chi connectivity index (χ0v) is 17.2. The third-order valence-electron chi connectivity index (χ3n) is 5.09. The van der Waals surface area contributed by atoms with Gasteiger partial charge >= 0.3 is 5.97 Å². The van der Waals surface area contributed by atoms with Crippen molar-refractivity contribution in [3.8, 4) is 5.75 Å². The average molecular weight is 428 g/mol. The minimum absolute atomic E-state index is 0.0383. The first-order chi connectivity index (χ1) is 14.5. The second-order valence-electron chi connectivity index (χ2n) is 6.99. The summed E-state index contributed by atoms with van der Waals surface area (Å²) in [5, 5.41) is 11.9. The highest BCUT2D eigenvalue weighted by molar-refractivity contribution is 7.19. The first-order valence-electron chi connectivity index (χ1n) is 9.54. The van der Waals surface area contributed by atoms with Crippen LogP contribution in [0.1, 0.15) is 45.9 Å². The Morgan fingerprint density at radius 2 is 2.07 bits per heavy atom. The maximum atomic E-state index is 12.5. The number of carbonyl (C=O) groups is 1. The molecule has 4 rings (SSSR count). The van der Waals surface area contributed by atoms with E-state index in [1.54, 1.807) is 11.3 Å². The number of carbonyl (C=O) groups excluding carboxylic acids is 1. The van der Waals surface area contributed by atoms with Crippen LogP contribution in [0.4, 0.5) is 11.5 Å². The van der Waals surface area contributed by atoms with Crippen LogP contribution < -0.4 is 10.5 Å². The Hall–Kier alpha value is -3.27. The van der Waals surface area contributed by atoms with Gasteiger partial charge in [-0.1, -0.05) is 6.42 Å². The quantitative estimate of drug-likeness (QED) is 0.281. The number of rotatable bonds is 5. The Morgan fingerprint density at radius 1 is 1.27 bits per heavy atom. The number of aryl methyl sites for hydroxylation is 2. The largest absolute Gasteiger partial charge is 0.496 e. The van der Waals surface area contributed by atoms with Gasteiger partial charge < -0.3 is 15.2 Å². The molecule has 156 valence electrons. The zero-order valence-electron chi connectivity index (χ0n) is 16.3. The van der Waals surface area contributed by atoms with E-state index in [9.17, 15) is 14.9 Å². The fourth-order valence-electron chi connectivity index (χ4n) is 3.65. The lowest BCUT2D eigenvalue weighted by Crippen LogP contribution is -2.10. The molecule has 0 atom stereocenters. The number of hydrogen-bond acceptors (Lipinski definition) is 9. The third-order valence-corrected chi connectivity index (χ3v) is 6.27. The summed E-state index contributed by atoms with van der Waals surface area (Å²) >= 11 is 1.62. The molecule has 9 nitrogen and oxygen atoms in total. The summed E-state index contributed by atoms with van der Waals surface area (Å²) in [5.74, 6) is 0.0933. The number of nitrogens with two attached hydrogens (primary N) is 1. The first kappa shape index (κ1) is 20.0. The molecule has 30 heavy (non-hydrogen) atoms. The van der Waals surface area contributed by atoms with Crippen LogP contribution in [0.3, 0.4) is 0 Å². The Kier molecular flexibility index (Phi) is 5.49. The smallest absolute Gasteiger partial charge is 0.342 e. The number of methoxy groups -OCH3 is 1. The van der Waals surface area contributed by atoms with Crippen molar-refractivity contribution in [1.29, 1.82) is 0 Å². The number of esters is 1. The molecule has 0 aliphatic heterocycles. The minimum Gasteiger partial charge on any atom is -0.496 e. The number of nitrogen functional groups attached to an aromatic ring is 1. The van der Waals surface area contributed by atoms with E-state index >= 15 is 0 Å². The highest BCUT2D eigenvalue weighted by Crippen LogP contribution is 2.37. The molecule has 1 aromatic carbocycles. The van der Waals surface area contributed by atoms with Crippen LogP contribution >= 0.6 is 11.3 Å². The molecular weight excluding hydrogens is 408 g/mol. The SMILES string of the molecule is COc1ccc([N+](=O)[O-])cc1C(=O)OCc1nc(N)c2c3c(sc2n1)CCCCC3. The maximum absolute atomic E-state index is 12.5. The van der Waals surface area contributed by atoms with Gasteiger partial charge in [0.25, 0.3) is 5.69 Å². The predicted molar refractivity (Wildman–Crippen MR) is 112 cm³/mol. The van der Waals surface area contributed by atoms with E-state index in [2.05, 4.69) is 9.97 Å². The lowest BCUT2D eigenvalue weighted by atomic mass is 10.1. The molecule has 0 radical (unpaired) electrons. The Labute approximate surface area is 176 Å². The van der Waals surface area contributed by atoms with Crippen molar-refractivity contribution in [2.75, 3.05) is 12.8 Å². The van der Waals surface area contributed by atoms with Gasteiger partial charge in [0.1, 0.15) is 22.0 Å². The Balaban J connectivity index is 1.57. The van der Waals surface area contributed by atoms with Gasteiger partial charge in [-0.25, -0.2) is 14.8 Å². The maximum Gasteiger partial charge on any atom is 0.342 e. The van der Waals surface area contributed by atoms with E-state index in [0.717, 1.165) is 42.0 Å². The highest BCUT2D eigenvalue weighted by atomic mass is 32.1. The van der Waals surface area contributed by atoms with Gasteiger partial charge in [0.05, 0.1) is 17.4 Å². The molecule has 0 amide bonds. The molecule has 1 aliphatic carbocycles. The van der Waals surface area contributed by atoms with Gasteiger partial charge in [-0.3, -0.25) is 10.1 Å². The molecule has 3 aromatic rings. The molecule has 10 heteroatoms. The van der Waals surface area contributed by atoms with Crippen molar-refractivity contribution in [2.24, 2.45) is 0 Å². The van der Waals surface area contributed by atoms with Gasteiger partial charge in [0.2, 0.25) is 0 Å². The Morgan fingerprint density at radius 3 is 2.83 bits per heavy atom. The van der Waals surface area contributed by atoms with Crippen LogP contribution in [0.25, 0.3) is 10.2 Å². The second-order valence-corrected chi connectivity index (χ2v) is 8.07. The van der Waals surface area contributed by atoms with Crippen molar-refractivity contribution < 1.29 is 19.2 Å². The number of ether oxygens (including phenoxy) is 2. The average Bonchev–Trinajstić information content (AvgIpc) is 2.93. The lowest BCUT2D eigenvalue weighted by Gasteiger charge is -2.09. The molecular formula is C20H20N4O5S. The van der Waals surface area contributed by atoms with Crippen LogP contribution in [0.2, 0.25) is 0 Å². The van der Waals surface area contributed by atoms with Gasteiger partial charge in [0, 0.05) is 17.0 Å². The first-order valence-corrected chi connectivity index (χ1v) is 10.4.